The van der Waals surface area contributed by atoms with E-state index in [0.717, 1.165) is 0 Å². The van der Waals surface area contributed by atoms with Gasteiger partial charge in [0.05, 0.1) is 0 Å². The number of halogens is 4. The second kappa shape index (κ2) is 8.52. The quantitative estimate of drug-likeness (QED) is 0.455. The lowest BCUT2D eigenvalue weighted by molar-refractivity contribution is -0.118. The number of nitrogens with one attached hydrogen (secondary N) is 1. The Morgan fingerprint density at radius 2 is 1.63 bits per heavy atom. The molecule has 9 heteroatoms. The number of hydrogen-bond donors (Lipinski definition) is 1. The van der Waals surface area contributed by atoms with E-state index in [0.29, 0.717) is 17.8 Å². The van der Waals surface area contributed by atoms with Crippen LogP contribution in [-0.2, 0) is 4.79 Å². The fraction of sp³-hybridized carbons (Fsp3) is 0.222. The minimum Gasteiger partial charge on any atom is -0.432 e. The Labute approximate surface area is 151 Å². The standard InChI is InChI=1S/C18H15F4NO4/c1-9(2)16(24)23-10-3-5-11(6-4-10)26-17(25)14-12(19)7-8-13(15(14)20)27-18(21)22/h3-9,18H,1-2H3,(H,23,24). The fourth-order valence-corrected chi connectivity index (χ4v) is 1.96. The van der Waals surface area contributed by atoms with E-state index in [1.165, 1.54) is 24.3 Å². The lowest BCUT2D eigenvalue weighted by Crippen LogP contribution is -2.17. The molecule has 2 rings (SSSR count). The van der Waals surface area contributed by atoms with Crippen LogP contribution in [0.5, 0.6) is 11.5 Å². The summed E-state index contributed by atoms with van der Waals surface area (Å²) < 4.78 is 61.1. The molecule has 144 valence electrons. The van der Waals surface area contributed by atoms with E-state index in [1.807, 2.05) is 0 Å². The average Bonchev–Trinajstić information content (AvgIpc) is 2.59. The number of carbonyl (C=O) groups is 2. The van der Waals surface area contributed by atoms with Gasteiger partial charge in [-0.3, -0.25) is 4.79 Å². The minimum absolute atomic E-state index is 0.0680. The molecule has 0 aliphatic heterocycles. The van der Waals surface area contributed by atoms with Crippen LogP contribution < -0.4 is 14.8 Å². The number of hydrogen-bond acceptors (Lipinski definition) is 4. The first-order valence-electron chi connectivity index (χ1n) is 7.75. The third-order valence-electron chi connectivity index (χ3n) is 3.33. The molecule has 0 saturated heterocycles. The van der Waals surface area contributed by atoms with Gasteiger partial charge in [-0.05, 0) is 36.4 Å². The van der Waals surface area contributed by atoms with Crippen molar-refractivity contribution in [2.75, 3.05) is 5.32 Å². The van der Waals surface area contributed by atoms with Crippen molar-refractivity contribution in [2.45, 2.75) is 20.5 Å². The molecule has 5 nitrogen and oxygen atoms in total. The summed E-state index contributed by atoms with van der Waals surface area (Å²) in [4.78, 5) is 23.6. The molecule has 2 aromatic rings. The number of alkyl halides is 2. The number of rotatable bonds is 6. The molecule has 0 fully saturated rings. The van der Waals surface area contributed by atoms with Gasteiger partial charge >= 0.3 is 12.6 Å². The highest BCUT2D eigenvalue weighted by Crippen LogP contribution is 2.26. The van der Waals surface area contributed by atoms with Crippen molar-refractivity contribution < 1.29 is 36.6 Å². The van der Waals surface area contributed by atoms with Crippen molar-refractivity contribution >= 4 is 17.6 Å². The first-order chi connectivity index (χ1) is 12.7. The van der Waals surface area contributed by atoms with Gasteiger partial charge in [0, 0.05) is 11.6 Å². The molecule has 0 unspecified atom stereocenters. The van der Waals surface area contributed by atoms with Gasteiger partial charge in [-0.1, -0.05) is 13.8 Å². The third kappa shape index (κ3) is 5.19. The second-order valence-corrected chi connectivity index (χ2v) is 5.67. The highest BCUT2D eigenvalue weighted by molar-refractivity contribution is 5.93. The lowest BCUT2D eigenvalue weighted by atomic mass is 10.2. The Bertz CT molecular complexity index is 838. The van der Waals surface area contributed by atoms with Crippen LogP contribution in [-0.4, -0.2) is 18.5 Å². The summed E-state index contributed by atoms with van der Waals surface area (Å²) >= 11 is 0. The molecular weight excluding hydrogens is 370 g/mol. The smallest absolute Gasteiger partial charge is 0.387 e. The van der Waals surface area contributed by atoms with Crippen LogP contribution in [0.3, 0.4) is 0 Å². The molecular formula is C18H15F4NO4. The minimum atomic E-state index is -3.34. The van der Waals surface area contributed by atoms with Crippen molar-refractivity contribution in [3.05, 3.63) is 53.6 Å². The van der Waals surface area contributed by atoms with Gasteiger partial charge < -0.3 is 14.8 Å². The number of anilines is 1. The van der Waals surface area contributed by atoms with Crippen LogP contribution in [0.15, 0.2) is 36.4 Å². The van der Waals surface area contributed by atoms with Gasteiger partial charge in [0.2, 0.25) is 5.91 Å². The molecule has 0 spiro atoms. The largest absolute Gasteiger partial charge is 0.432 e. The maximum Gasteiger partial charge on any atom is 0.387 e. The number of esters is 1. The molecule has 0 heterocycles. The molecule has 27 heavy (non-hydrogen) atoms. The van der Waals surface area contributed by atoms with Crippen LogP contribution in [0.1, 0.15) is 24.2 Å². The summed E-state index contributed by atoms with van der Waals surface area (Å²) in [6.45, 7) is 0.0726. The molecule has 1 N–H and O–H groups in total. The predicted octanol–water partition coefficient (Wildman–Crippen LogP) is 4.38. The van der Waals surface area contributed by atoms with Crippen LogP contribution in [0.25, 0.3) is 0 Å². The van der Waals surface area contributed by atoms with Gasteiger partial charge in [0.15, 0.2) is 11.6 Å². The Morgan fingerprint density at radius 3 is 2.19 bits per heavy atom. The Kier molecular flexibility index (Phi) is 6.38. The first-order valence-corrected chi connectivity index (χ1v) is 7.75. The number of amides is 1. The monoisotopic (exact) mass is 385 g/mol. The van der Waals surface area contributed by atoms with Crippen molar-refractivity contribution in [2.24, 2.45) is 5.92 Å². The maximum atomic E-state index is 14.1. The Hall–Kier alpha value is -3.10. The molecule has 0 saturated carbocycles. The van der Waals surface area contributed by atoms with E-state index in [9.17, 15) is 27.2 Å². The summed E-state index contributed by atoms with van der Waals surface area (Å²) in [6.07, 6.45) is 0. The molecule has 1 amide bonds. The van der Waals surface area contributed by atoms with E-state index >= 15 is 0 Å². The van der Waals surface area contributed by atoms with Crippen molar-refractivity contribution in [1.82, 2.24) is 0 Å². The highest BCUT2D eigenvalue weighted by Gasteiger charge is 2.24. The summed E-state index contributed by atoms with van der Waals surface area (Å²) in [5, 5.41) is 2.61. The number of carbonyl (C=O) groups excluding carboxylic acids is 2. The van der Waals surface area contributed by atoms with Crippen LogP contribution in [0.4, 0.5) is 23.2 Å². The predicted molar refractivity (Wildman–Crippen MR) is 87.9 cm³/mol. The molecule has 0 bridgehead atoms. The molecule has 0 aliphatic rings. The zero-order valence-corrected chi connectivity index (χ0v) is 14.3. The average molecular weight is 385 g/mol. The lowest BCUT2D eigenvalue weighted by Gasteiger charge is -2.11. The van der Waals surface area contributed by atoms with E-state index in [2.05, 4.69) is 10.1 Å². The van der Waals surface area contributed by atoms with E-state index < -0.39 is 35.5 Å². The summed E-state index contributed by atoms with van der Waals surface area (Å²) in [7, 11) is 0. The Balaban J connectivity index is 2.16. The molecule has 0 atom stereocenters. The summed E-state index contributed by atoms with van der Waals surface area (Å²) in [5.41, 5.74) is -0.733. The molecule has 0 aliphatic carbocycles. The number of ether oxygens (including phenoxy) is 2. The number of benzene rings is 2. The Morgan fingerprint density at radius 1 is 1.00 bits per heavy atom. The van der Waals surface area contributed by atoms with Crippen molar-refractivity contribution in [3.63, 3.8) is 0 Å². The van der Waals surface area contributed by atoms with Crippen LogP contribution in [0.2, 0.25) is 0 Å². The van der Waals surface area contributed by atoms with Crippen LogP contribution in [0, 0.1) is 17.6 Å². The second-order valence-electron chi connectivity index (χ2n) is 5.67. The van der Waals surface area contributed by atoms with Gasteiger partial charge in [0.1, 0.15) is 17.1 Å². The first kappa shape index (κ1) is 20.2. The zero-order chi connectivity index (χ0) is 20.1. The van der Waals surface area contributed by atoms with E-state index in [-0.39, 0.29) is 17.6 Å². The third-order valence-corrected chi connectivity index (χ3v) is 3.33. The fourth-order valence-electron chi connectivity index (χ4n) is 1.96. The van der Waals surface area contributed by atoms with Gasteiger partial charge in [-0.25, -0.2) is 13.6 Å². The van der Waals surface area contributed by atoms with E-state index in [4.69, 9.17) is 4.74 Å². The summed E-state index contributed by atoms with van der Waals surface area (Å²) in [5.74, 6) is -5.83. The van der Waals surface area contributed by atoms with Crippen molar-refractivity contribution in [1.29, 1.82) is 0 Å². The molecule has 0 aromatic heterocycles. The topological polar surface area (TPSA) is 64.6 Å². The van der Waals surface area contributed by atoms with Gasteiger partial charge in [-0.2, -0.15) is 8.78 Å². The molecule has 2 aromatic carbocycles. The van der Waals surface area contributed by atoms with Gasteiger partial charge in [0.25, 0.3) is 0 Å². The normalized spacial score (nSPS) is 10.8. The summed E-state index contributed by atoms with van der Waals surface area (Å²) in [6, 6.07) is 6.69. The molecule has 0 radical (unpaired) electrons. The highest BCUT2D eigenvalue weighted by atomic mass is 19.3. The van der Waals surface area contributed by atoms with Gasteiger partial charge in [-0.15, -0.1) is 0 Å². The maximum absolute atomic E-state index is 14.1. The zero-order valence-electron chi connectivity index (χ0n) is 14.3. The van der Waals surface area contributed by atoms with Crippen molar-refractivity contribution in [3.8, 4) is 11.5 Å². The SMILES string of the molecule is CC(C)C(=O)Nc1ccc(OC(=O)c2c(F)ccc(OC(F)F)c2F)cc1. The van der Waals surface area contributed by atoms with Crippen LogP contribution >= 0.6 is 0 Å². The van der Waals surface area contributed by atoms with E-state index in [1.54, 1.807) is 13.8 Å².